The number of halogens is 3. The number of nitrogens with zero attached hydrogens (tertiary/aromatic N) is 2. The van der Waals surface area contributed by atoms with E-state index in [0.29, 0.717) is 35.5 Å². The highest BCUT2D eigenvalue weighted by atomic mass is 19.4. The standard InChI is InChI=1S/C26H28F3N3O3/c1-24(2)13-17(9-10-34-24)21-14-25(22(33)32(3)23(30)31-25)19-12-16(7-8-20(19)35-21)15-5-4-6-18(11-15)26(27,28)29/h4-8,11-12,17,21H,9-10,13-14H2,1-3H3,(H2,30,31). The van der Waals surface area contributed by atoms with Crippen molar-refractivity contribution in [1.29, 1.82) is 0 Å². The number of fused-ring (bicyclic) bond motifs is 2. The van der Waals surface area contributed by atoms with Crippen molar-refractivity contribution in [3.8, 4) is 16.9 Å². The van der Waals surface area contributed by atoms with Crippen LogP contribution < -0.4 is 10.5 Å². The fourth-order valence-corrected chi connectivity index (χ4v) is 5.48. The van der Waals surface area contributed by atoms with Crippen LogP contribution >= 0.6 is 0 Å². The summed E-state index contributed by atoms with van der Waals surface area (Å²) in [6.07, 6.45) is -2.87. The maximum Gasteiger partial charge on any atom is 0.416 e. The number of amides is 1. The Kier molecular flexibility index (Phi) is 5.39. The van der Waals surface area contributed by atoms with Crippen LogP contribution in [0.15, 0.2) is 47.5 Å². The molecule has 0 aliphatic carbocycles. The number of carbonyl (C=O) groups is 1. The van der Waals surface area contributed by atoms with Crippen molar-refractivity contribution in [3.05, 3.63) is 53.6 Å². The minimum absolute atomic E-state index is 0.110. The number of hydrogen-bond acceptors (Lipinski definition) is 5. The molecule has 3 heterocycles. The van der Waals surface area contributed by atoms with E-state index in [2.05, 4.69) is 4.99 Å². The first-order chi connectivity index (χ1) is 16.4. The van der Waals surface area contributed by atoms with Gasteiger partial charge in [-0.2, -0.15) is 13.2 Å². The van der Waals surface area contributed by atoms with E-state index in [9.17, 15) is 18.0 Å². The van der Waals surface area contributed by atoms with Crippen LogP contribution in [0.1, 0.15) is 44.2 Å². The van der Waals surface area contributed by atoms with E-state index in [4.69, 9.17) is 15.2 Å². The molecule has 2 aromatic rings. The first kappa shape index (κ1) is 23.7. The van der Waals surface area contributed by atoms with Crippen molar-refractivity contribution in [3.63, 3.8) is 0 Å². The van der Waals surface area contributed by atoms with Gasteiger partial charge in [-0.05, 0) is 62.1 Å². The summed E-state index contributed by atoms with van der Waals surface area (Å²) in [4.78, 5) is 19.5. The average Bonchev–Trinajstić information content (AvgIpc) is 3.01. The van der Waals surface area contributed by atoms with Crippen LogP contribution in [0.25, 0.3) is 11.1 Å². The lowest BCUT2D eigenvalue weighted by atomic mass is 9.74. The summed E-state index contributed by atoms with van der Waals surface area (Å²) in [6, 6.07) is 10.3. The van der Waals surface area contributed by atoms with Crippen molar-refractivity contribution in [2.75, 3.05) is 13.7 Å². The Morgan fingerprint density at radius 2 is 1.86 bits per heavy atom. The number of likely N-dealkylation sites (N-methyl/N-ethyl adjacent to an activating group) is 1. The third-order valence-electron chi connectivity index (χ3n) is 7.29. The summed E-state index contributed by atoms with van der Waals surface area (Å²) >= 11 is 0. The normalized spacial score (nSPS) is 28.0. The smallest absolute Gasteiger partial charge is 0.416 e. The van der Waals surface area contributed by atoms with Gasteiger partial charge in [-0.3, -0.25) is 9.69 Å². The highest BCUT2D eigenvalue weighted by Crippen LogP contribution is 2.50. The molecule has 3 unspecified atom stereocenters. The second-order valence-corrected chi connectivity index (χ2v) is 10.2. The van der Waals surface area contributed by atoms with Crippen molar-refractivity contribution in [1.82, 2.24) is 4.90 Å². The molecule has 2 aromatic carbocycles. The molecule has 0 aromatic heterocycles. The van der Waals surface area contributed by atoms with Crippen molar-refractivity contribution in [2.24, 2.45) is 16.6 Å². The molecule has 3 atom stereocenters. The third-order valence-corrected chi connectivity index (χ3v) is 7.29. The minimum atomic E-state index is -4.46. The maximum absolute atomic E-state index is 13.5. The minimum Gasteiger partial charge on any atom is -0.490 e. The van der Waals surface area contributed by atoms with Gasteiger partial charge in [0, 0.05) is 31.6 Å². The largest absolute Gasteiger partial charge is 0.490 e. The van der Waals surface area contributed by atoms with E-state index in [0.717, 1.165) is 25.0 Å². The van der Waals surface area contributed by atoms with Gasteiger partial charge < -0.3 is 15.2 Å². The third kappa shape index (κ3) is 4.05. The SMILES string of the molecule is CN1C(=O)C2(CC(C3CCOC(C)(C)C3)Oc3ccc(-c4cccc(C(F)(F)F)c4)cc32)N=C1N. The van der Waals surface area contributed by atoms with Gasteiger partial charge in [-0.25, -0.2) is 4.99 Å². The van der Waals surface area contributed by atoms with Crippen molar-refractivity contribution < 1.29 is 27.4 Å². The van der Waals surface area contributed by atoms with Crippen LogP contribution in [-0.2, 0) is 21.2 Å². The molecule has 1 saturated heterocycles. The summed E-state index contributed by atoms with van der Waals surface area (Å²) in [6.45, 7) is 4.68. The number of carbonyl (C=O) groups excluding carboxylic acids is 1. The molecule has 186 valence electrons. The molecular weight excluding hydrogens is 459 g/mol. The van der Waals surface area contributed by atoms with Gasteiger partial charge in [0.25, 0.3) is 5.91 Å². The maximum atomic E-state index is 13.5. The quantitative estimate of drug-likeness (QED) is 0.666. The fraction of sp³-hybridized carbons (Fsp3) is 0.462. The molecule has 0 radical (unpaired) electrons. The Morgan fingerprint density at radius 3 is 2.51 bits per heavy atom. The molecule has 0 saturated carbocycles. The van der Waals surface area contributed by atoms with Gasteiger partial charge >= 0.3 is 6.18 Å². The molecule has 9 heteroatoms. The van der Waals surface area contributed by atoms with Gasteiger partial charge in [-0.1, -0.05) is 18.2 Å². The Hall–Kier alpha value is -3.07. The summed E-state index contributed by atoms with van der Waals surface area (Å²) < 4.78 is 52.2. The van der Waals surface area contributed by atoms with Gasteiger partial charge in [0.1, 0.15) is 11.9 Å². The number of hydrogen-bond donors (Lipinski definition) is 1. The first-order valence-electron chi connectivity index (χ1n) is 11.7. The van der Waals surface area contributed by atoms with Crippen LogP contribution in [-0.4, -0.2) is 42.1 Å². The predicted molar refractivity (Wildman–Crippen MR) is 125 cm³/mol. The lowest BCUT2D eigenvalue weighted by molar-refractivity contribution is -0.137. The molecule has 35 heavy (non-hydrogen) atoms. The highest BCUT2D eigenvalue weighted by molar-refractivity contribution is 6.07. The molecule has 3 aliphatic rings. The van der Waals surface area contributed by atoms with Crippen LogP contribution in [0.4, 0.5) is 13.2 Å². The number of alkyl halides is 3. The molecule has 1 amide bonds. The summed E-state index contributed by atoms with van der Waals surface area (Å²) in [5.74, 6) is 0.499. The summed E-state index contributed by atoms with van der Waals surface area (Å²) in [5, 5.41) is 0. The number of guanidine groups is 1. The number of nitrogens with two attached hydrogens (primary N) is 1. The van der Waals surface area contributed by atoms with E-state index in [-0.39, 0.29) is 29.5 Å². The van der Waals surface area contributed by atoms with Crippen LogP contribution in [0.5, 0.6) is 5.75 Å². The predicted octanol–water partition coefficient (Wildman–Crippen LogP) is 4.71. The van der Waals surface area contributed by atoms with Crippen molar-refractivity contribution in [2.45, 2.75) is 56.5 Å². The van der Waals surface area contributed by atoms with E-state index in [1.165, 1.54) is 11.0 Å². The number of aliphatic imine (C=N–C) groups is 1. The zero-order valence-corrected chi connectivity index (χ0v) is 19.9. The molecule has 5 rings (SSSR count). The molecule has 3 aliphatic heterocycles. The zero-order valence-electron chi connectivity index (χ0n) is 19.9. The fourth-order valence-electron chi connectivity index (χ4n) is 5.48. The Labute approximate surface area is 201 Å². The van der Waals surface area contributed by atoms with Crippen LogP contribution in [0, 0.1) is 5.92 Å². The van der Waals surface area contributed by atoms with E-state index in [1.54, 1.807) is 31.3 Å². The lowest BCUT2D eigenvalue weighted by Crippen LogP contribution is -2.49. The van der Waals surface area contributed by atoms with E-state index < -0.39 is 17.3 Å². The summed E-state index contributed by atoms with van der Waals surface area (Å²) in [7, 11) is 1.58. The Balaban J connectivity index is 1.59. The molecule has 6 nitrogen and oxygen atoms in total. The second-order valence-electron chi connectivity index (χ2n) is 10.2. The van der Waals surface area contributed by atoms with Crippen molar-refractivity contribution >= 4 is 11.9 Å². The molecule has 1 spiro atoms. The average molecular weight is 488 g/mol. The summed E-state index contributed by atoms with van der Waals surface area (Å²) in [5.41, 5.74) is 5.22. The Morgan fingerprint density at radius 1 is 1.11 bits per heavy atom. The molecule has 2 N–H and O–H groups in total. The van der Waals surface area contributed by atoms with Gasteiger partial charge in [0.2, 0.25) is 0 Å². The van der Waals surface area contributed by atoms with E-state index in [1.807, 2.05) is 13.8 Å². The lowest BCUT2D eigenvalue weighted by Gasteiger charge is -2.44. The first-order valence-corrected chi connectivity index (χ1v) is 11.7. The van der Waals surface area contributed by atoms with Gasteiger partial charge in [0.05, 0.1) is 11.2 Å². The molecule has 1 fully saturated rings. The number of rotatable bonds is 2. The monoisotopic (exact) mass is 487 g/mol. The number of benzene rings is 2. The highest BCUT2D eigenvalue weighted by Gasteiger charge is 2.55. The number of ether oxygens (including phenoxy) is 2. The second kappa shape index (κ2) is 7.98. The topological polar surface area (TPSA) is 77.2 Å². The van der Waals surface area contributed by atoms with Gasteiger partial charge in [0.15, 0.2) is 11.5 Å². The zero-order chi connectivity index (χ0) is 25.2. The van der Waals surface area contributed by atoms with E-state index >= 15 is 0 Å². The van der Waals surface area contributed by atoms with Crippen LogP contribution in [0.3, 0.4) is 0 Å². The van der Waals surface area contributed by atoms with Gasteiger partial charge in [-0.15, -0.1) is 0 Å². The Bertz CT molecular complexity index is 1210. The molecular formula is C26H28F3N3O3. The van der Waals surface area contributed by atoms with Crippen LogP contribution in [0.2, 0.25) is 0 Å². The molecule has 0 bridgehead atoms.